The van der Waals surface area contributed by atoms with Gasteiger partial charge in [0.1, 0.15) is 11.9 Å². The first-order valence-corrected chi connectivity index (χ1v) is 12.9. The van der Waals surface area contributed by atoms with Crippen LogP contribution < -0.4 is 10.1 Å². The number of methoxy groups -OCH3 is 2. The van der Waals surface area contributed by atoms with Crippen LogP contribution in [0.15, 0.2) is 42.6 Å². The number of ether oxygens (including phenoxy) is 3. The summed E-state index contributed by atoms with van der Waals surface area (Å²) in [4.78, 5) is 28.0. The van der Waals surface area contributed by atoms with E-state index in [0.717, 1.165) is 60.6 Å². The summed E-state index contributed by atoms with van der Waals surface area (Å²) >= 11 is 0. The van der Waals surface area contributed by atoms with Gasteiger partial charge in [0.05, 0.1) is 19.8 Å². The maximum atomic E-state index is 12.5. The third-order valence-corrected chi connectivity index (χ3v) is 7.73. The predicted molar refractivity (Wildman–Crippen MR) is 139 cm³/mol. The van der Waals surface area contributed by atoms with Gasteiger partial charge in [0, 0.05) is 34.3 Å². The number of H-pyrrole nitrogens is 1. The topological polar surface area (TPSA) is 89.7 Å². The van der Waals surface area contributed by atoms with Crippen LogP contribution >= 0.6 is 0 Å². The van der Waals surface area contributed by atoms with E-state index < -0.39 is 6.09 Å². The van der Waals surface area contributed by atoms with Crippen molar-refractivity contribution in [1.82, 2.24) is 4.98 Å². The lowest BCUT2D eigenvalue weighted by Gasteiger charge is -2.26. The highest BCUT2D eigenvalue weighted by atomic mass is 16.6. The molecule has 2 fully saturated rings. The number of aromatic nitrogens is 1. The zero-order valence-electron chi connectivity index (χ0n) is 21.0. The minimum atomic E-state index is -0.397. The van der Waals surface area contributed by atoms with Crippen LogP contribution in [0.25, 0.3) is 10.9 Å². The number of amides is 1. The van der Waals surface area contributed by atoms with E-state index in [1.165, 1.54) is 20.0 Å². The van der Waals surface area contributed by atoms with Crippen molar-refractivity contribution in [2.45, 2.75) is 63.4 Å². The first-order chi connectivity index (χ1) is 17.6. The van der Waals surface area contributed by atoms with Crippen molar-refractivity contribution in [3.8, 4) is 5.75 Å². The van der Waals surface area contributed by atoms with E-state index in [-0.39, 0.29) is 18.0 Å². The molecule has 2 N–H and O–H groups in total. The molecule has 7 nitrogen and oxygen atoms in total. The van der Waals surface area contributed by atoms with Crippen molar-refractivity contribution < 1.29 is 23.8 Å². The highest BCUT2D eigenvalue weighted by Crippen LogP contribution is 2.46. The number of hydrogen-bond donors (Lipinski definition) is 2. The Kier molecular flexibility index (Phi) is 7.16. The predicted octanol–water partition coefficient (Wildman–Crippen LogP) is 6.78. The Balaban J connectivity index is 1.50. The largest absolute Gasteiger partial charge is 0.496 e. The number of carbonyl (C=O) groups excluding carboxylic acids is 2. The summed E-state index contributed by atoms with van der Waals surface area (Å²) in [5, 5.41) is 3.98. The highest BCUT2D eigenvalue weighted by molar-refractivity contribution is 5.93. The minimum absolute atomic E-state index is 0.0173. The van der Waals surface area contributed by atoms with Gasteiger partial charge in [0.25, 0.3) is 0 Å². The average molecular weight is 491 g/mol. The third kappa shape index (κ3) is 4.92. The second-order valence-electron chi connectivity index (χ2n) is 9.91. The van der Waals surface area contributed by atoms with Gasteiger partial charge in [0.2, 0.25) is 0 Å². The van der Waals surface area contributed by atoms with Crippen molar-refractivity contribution >= 4 is 28.7 Å². The van der Waals surface area contributed by atoms with Crippen molar-refractivity contribution in [3.63, 3.8) is 0 Å². The molecule has 36 heavy (non-hydrogen) atoms. The maximum Gasteiger partial charge on any atom is 0.411 e. The summed E-state index contributed by atoms with van der Waals surface area (Å²) < 4.78 is 16.3. The number of fused-ring (bicyclic) bond motifs is 1. The zero-order valence-corrected chi connectivity index (χ0v) is 21.0. The fourth-order valence-electron chi connectivity index (χ4n) is 5.96. The number of rotatable bonds is 7. The highest BCUT2D eigenvalue weighted by Gasteiger charge is 2.32. The van der Waals surface area contributed by atoms with Crippen LogP contribution in [0.5, 0.6) is 5.75 Å². The first kappa shape index (κ1) is 24.2. The molecule has 7 heteroatoms. The number of aromatic amines is 1. The van der Waals surface area contributed by atoms with E-state index in [1.807, 2.05) is 30.3 Å². The van der Waals surface area contributed by atoms with E-state index >= 15 is 0 Å². The fourth-order valence-corrected chi connectivity index (χ4v) is 5.96. The molecule has 0 aliphatic heterocycles. The molecule has 2 aliphatic rings. The number of hydrogen-bond acceptors (Lipinski definition) is 5. The molecule has 190 valence electrons. The molecule has 3 aromatic rings. The normalized spacial score (nSPS) is 17.3. The lowest BCUT2D eigenvalue weighted by Crippen LogP contribution is -2.20. The van der Waals surface area contributed by atoms with E-state index in [4.69, 9.17) is 14.2 Å². The smallest absolute Gasteiger partial charge is 0.411 e. The van der Waals surface area contributed by atoms with Gasteiger partial charge in [-0.3, -0.25) is 5.32 Å². The Morgan fingerprint density at radius 2 is 1.69 bits per heavy atom. The van der Waals surface area contributed by atoms with Gasteiger partial charge in [-0.05, 0) is 80.3 Å². The molecule has 5 rings (SSSR count). The molecule has 0 saturated heterocycles. The van der Waals surface area contributed by atoms with E-state index in [9.17, 15) is 9.59 Å². The maximum absolute atomic E-state index is 12.5. The average Bonchev–Trinajstić information content (AvgIpc) is 3.67. The molecule has 0 radical (unpaired) electrons. The Labute approximate surface area is 211 Å². The molecule has 2 saturated carbocycles. The summed E-state index contributed by atoms with van der Waals surface area (Å²) in [6.07, 6.45) is 10.5. The molecular formula is C29H34N2O5. The van der Waals surface area contributed by atoms with Crippen molar-refractivity contribution in [2.24, 2.45) is 5.92 Å². The van der Waals surface area contributed by atoms with Crippen LogP contribution in [0.3, 0.4) is 0 Å². The van der Waals surface area contributed by atoms with E-state index in [1.54, 1.807) is 13.2 Å². The Bertz CT molecular complexity index is 1240. The van der Waals surface area contributed by atoms with Gasteiger partial charge < -0.3 is 19.2 Å². The van der Waals surface area contributed by atoms with Crippen LogP contribution in [-0.4, -0.2) is 37.4 Å². The van der Waals surface area contributed by atoms with Crippen LogP contribution in [-0.2, 0) is 9.47 Å². The van der Waals surface area contributed by atoms with Gasteiger partial charge in [-0.2, -0.15) is 0 Å². The van der Waals surface area contributed by atoms with Crippen LogP contribution in [0, 0.1) is 5.92 Å². The molecule has 1 heterocycles. The summed E-state index contributed by atoms with van der Waals surface area (Å²) in [5.41, 5.74) is 4.40. The molecule has 2 aromatic carbocycles. The summed E-state index contributed by atoms with van der Waals surface area (Å²) in [6, 6.07) is 11.5. The molecule has 1 amide bonds. The van der Waals surface area contributed by atoms with Gasteiger partial charge in [-0.25, -0.2) is 9.59 Å². The van der Waals surface area contributed by atoms with Crippen molar-refractivity contribution in [2.75, 3.05) is 19.5 Å². The van der Waals surface area contributed by atoms with Gasteiger partial charge in [-0.1, -0.05) is 18.9 Å². The number of nitrogens with one attached hydrogen (secondary N) is 2. The lowest BCUT2D eigenvalue weighted by atomic mass is 9.79. The molecule has 1 aromatic heterocycles. The van der Waals surface area contributed by atoms with Gasteiger partial charge >= 0.3 is 12.1 Å². The molecular weight excluding hydrogens is 456 g/mol. The Morgan fingerprint density at radius 1 is 0.944 bits per heavy atom. The second-order valence-corrected chi connectivity index (χ2v) is 9.91. The van der Waals surface area contributed by atoms with Crippen LogP contribution in [0.4, 0.5) is 10.5 Å². The number of anilines is 1. The SMILES string of the molecule is COC(=O)c1ccc(C(c2c[nH]c3ccc(NC(=O)OC4CCCC4)cc23)C2CCCC2)c(OC)c1. The van der Waals surface area contributed by atoms with E-state index in [2.05, 4.69) is 16.5 Å². The zero-order chi connectivity index (χ0) is 25.1. The summed E-state index contributed by atoms with van der Waals surface area (Å²) in [5.74, 6) is 0.831. The molecule has 0 spiro atoms. The van der Waals surface area contributed by atoms with E-state index in [0.29, 0.717) is 22.9 Å². The van der Waals surface area contributed by atoms with Crippen LogP contribution in [0.1, 0.15) is 78.8 Å². The molecule has 1 atom stereocenters. The number of carbonyl (C=O) groups is 2. The first-order valence-electron chi connectivity index (χ1n) is 12.9. The minimum Gasteiger partial charge on any atom is -0.496 e. The fraction of sp³-hybridized carbons (Fsp3) is 0.448. The van der Waals surface area contributed by atoms with Crippen molar-refractivity contribution in [1.29, 1.82) is 0 Å². The molecule has 2 aliphatic carbocycles. The summed E-state index contributed by atoms with van der Waals surface area (Å²) in [7, 11) is 3.02. The van der Waals surface area contributed by atoms with Gasteiger partial charge in [0.15, 0.2) is 0 Å². The van der Waals surface area contributed by atoms with Crippen molar-refractivity contribution in [3.05, 3.63) is 59.3 Å². The standard InChI is InChI=1S/C29H34N2O5/c1-34-26-15-19(28(32)35-2)11-13-22(26)27(18-7-3-4-8-18)24-17-30-25-14-12-20(16-23(24)25)31-29(33)36-21-9-5-6-10-21/h11-18,21,27,30H,3-10H2,1-2H3,(H,31,33). The number of benzene rings is 2. The Morgan fingerprint density at radius 3 is 2.42 bits per heavy atom. The monoisotopic (exact) mass is 490 g/mol. The summed E-state index contributed by atoms with van der Waals surface area (Å²) in [6.45, 7) is 0. The molecule has 0 bridgehead atoms. The second kappa shape index (κ2) is 10.6. The van der Waals surface area contributed by atoms with Gasteiger partial charge in [-0.15, -0.1) is 0 Å². The lowest BCUT2D eigenvalue weighted by molar-refractivity contribution is 0.0600. The Hall–Kier alpha value is -3.48. The van der Waals surface area contributed by atoms with Crippen LogP contribution in [0.2, 0.25) is 0 Å². The third-order valence-electron chi connectivity index (χ3n) is 7.73. The molecule has 1 unspecified atom stereocenters. The quantitative estimate of drug-likeness (QED) is 0.357. The number of esters is 1.